The molecule has 1 fully saturated rings. The Labute approximate surface area is 93.3 Å². The van der Waals surface area contributed by atoms with Crippen LogP contribution in [0.5, 0.6) is 0 Å². The van der Waals surface area contributed by atoms with Gasteiger partial charge in [-0.1, -0.05) is 19.3 Å². The standard InChI is InChI=1S/C11H13N.Ir/c1-2-6-10(7-3-1)11-8-4-5-9-12-11;/h1-3,6,11H,4-5,8-9H2;/q-2;. The van der Waals surface area contributed by atoms with Gasteiger partial charge in [0.15, 0.2) is 0 Å². The van der Waals surface area contributed by atoms with Crippen LogP contribution < -0.4 is 0 Å². The zero-order chi connectivity index (χ0) is 8.23. The summed E-state index contributed by atoms with van der Waals surface area (Å²) in [4.78, 5) is 0. The number of benzene rings is 1. The van der Waals surface area contributed by atoms with Crippen LogP contribution in [0.25, 0.3) is 5.32 Å². The van der Waals surface area contributed by atoms with Crippen LogP contribution in [-0.4, -0.2) is 6.54 Å². The zero-order valence-electron chi connectivity index (χ0n) is 7.50. The van der Waals surface area contributed by atoms with Gasteiger partial charge in [-0.2, -0.15) is 35.9 Å². The molecule has 13 heavy (non-hydrogen) atoms. The van der Waals surface area contributed by atoms with E-state index in [4.69, 9.17) is 0 Å². The minimum atomic E-state index is 0. The second kappa shape index (κ2) is 5.54. The molecule has 1 heterocycles. The molecule has 73 valence electrons. The Kier molecular flexibility index (Phi) is 4.65. The van der Waals surface area contributed by atoms with Crippen molar-refractivity contribution in [1.29, 1.82) is 0 Å². The quantitative estimate of drug-likeness (QED) is 0.691. The first kappa shape index (κ1) is 10.9. The van der Waals surface area contributed by atoms with Gasteiger partial charge in [-0.15, -0.1) is 12.6 Å². The van der Waals surface area contributed by atoms with E-state index in [1.54, 1.807) is 0 Å². The minimum absolute atomic E-state index is 0. The Morgan fingerprint density at radius 3 is 2.85 bits per heavy atom. The van der Waals surface area contributed by atoms with Crippen molar-refractivity contribution in [3.63, 3.8) is 0 Å². The van der Waals surface area contributed by atoms with E-state index in [0.717, 1.165) is 6.54 Å². The fourth-order valence-electron chi connectivity index (χ4n) is 1.66. The summed E-state index contributed by atoms with van der Waals surface area (Å²) in [7, 11) is 0. The molecule has 1 aromatic carbocycles. The Hall–Kier alpha value is -0.171. The Morgan fingerprint density at radius 1 is 1.31 bits per heavy atom. The molecule has 0 aliphatic carbocycles. The van der Waals surface area contributed by atoms with Crippen molar-refractivity contribution in [3.05, 3.63) is 41.2 Å². The minimum Gasteiger partial charge on any atom is -0.657 e. The third kappa shape index (κ3) is 2.91. The topological polar surface area (TPSA) is 14.1 Å². The molecule has 0 aromatic heterocycles. The molecule has 0 bridgehead atoms. The fraction of sp³-hybridized carbons (Fsp3) is 0.455. The average Bonchev–Trinajstić information content (AvgIpc) is 2.21. The summed E-state index contributed by atoms with van der Waals surface area (Å²) in [5.74, 6) is 0. The van der Waals surface area contributed by atoms with Crippen LogP contribution >= 0.6 is 0 Å². The van der Waals surface area contributed by atoms with Crippen molar-refractivity contribution in [2.45, 2.75) is 25.3 Å². The maximum absolute atomic E-state index is 4.57. The SMILES string of the molecule is [Ir].[c-]1ccccc1C1CCCC[N-]1. The first-order chi connectivity index (χ1) is 5.97. The summed E-state index contributed by atoms with van der Waals surface area (Å²) in [6, 6.07) is 11.8. The molecular weight excluding hydrogens is 338 g/mol. The van der Waals surface area contributed by atoms with Gasteiger partial charge in [0.05, 0.1) is 0 Å². The van der Waals surface area contributed by atoms with Gasteiger partial charge in [-0.3, -0.25) is 0 Å². The maximum atomic E-state index is 4.57. The fourth-order valence-corrected chi connectivity index (χ4v) is 1.66. The van der Waals surface area contributed by atoms with Gasteiger partial charge in [-0.05, 0) is 0 Å². The number of hydrogen-bond acceptors (Lipinski definition) is 0. The summed E-state index contributed by atoms with van der Waals surface area (Å²) >= 11 is 0. The largest absolute Gasteiger partial charge is 0.657 e. The van der Waals surface area contributed by atoms with E-state index in [1.807, 2.05) is 12.1 Å². The van der Waals surface area contributed by atoms with Crippen LogP contribution in [0.1, 0.15) is 30.9 Å². The second-order valence-electron chi connectivity index (χ2n) is 3.24. The number of nitrogens with zero attached hydrogens (tertiary/aromatic N) is 1. The summed E-state index contributed by atoms with van der Waals surface area (Å²) in [5, 5.41) is 4.57. The molecule has 2 heteroatoms. The first-order valence-electron chi connectivity index (χ1n) is 4.60. The van der Waals surface area contributed by atoms with E-state index in [0.29, 0.717) is 6.04 Å². The molecule has 1 atom stereocenters. The van der Waals surface area contributed by atoms with Crippen molar-refractivity contribution in [3.8, 4) is 0 Å². The predicted octanol–water partition coefficient (Wildman–Crippen LogP) is 3.08. The van der Waals surface area contributed by atoms with Crippen LogP contribution in [0.3, 0.4) is 0 Å². The maximum Gasteiger partial charge on any atom is 0 e. The Bertz CT molecular complexity index is 229. The molecule has 1 nitrogen and oxygen atoms in total. The summed E-state index contributed by atoms with van der Waals surface area (Å²) in [6.45, 7) is 1.04. The van der Waals surface area contributed by atoms with Gasteiger partial charge < -0.3 is 5.32 Å². The van der Waals surface area contributed by atoms with E-state index in [9.17, 15) is 0 Å². The van der Waals surface area contributed by atoms with Crippen LogP contribution in [0.2, 0.25) is 0 Å². The smallest absolute Gasteiger partial charge is 0 e. The third-order valence-electron chi connectivity index (χ3n) is 2.33. The molecule has 1 radical (unpaired) electrons. The Balaban J connectivity index is 0.000000845. The molecule has 1 aliphatic rings. The monoisotopic (exact) mass is 352 g/mol. The van der Waals surface area contributed by atoms with Gasteiger partial charge >= 0.3 is 0 Å². The number of piperidine rings is 1. The van der Waals surface area contributed by atoms with Crippen LogP contribution in [0.15, 0.2) is 24.3 Å². The second-order valence-corrected chi connectivity index (χ2v) is 3.24. The average molecular weight is 351 g/mol. The molecule has 2 rings (SSSR count). The van der Waals surface area contributed by atoms with E-state index in [-0.39, 0.29) is 20.1 Å². The predicted molar refractivity (Wildman–Crippen MR) is 50.1 cm³/mol. The normalized spacial score (nSPS) is 22.0. The van der Waals surface area contributed by atoms with Crippen LogP contribution in [-0.2, 0) is 20.1 Å². The van der Waals surface area contributed by atoms with E-state index in [2.05, 4.69) is 23.5 Å². The van der Waals surface area contributed by atoms with E-state index < -0.39 is 0 Å². The van der Waals surface area contributed by atoms with Gasteiger partial charge in [0.25, 0.3) is 0 Å². The summed E-state index contributed by atoms with van der Waals surface area (Å²) in [5.41, 5.74) is 1.26. The molecule has 1 aromatic rings. The first-order valence-corrected chi connectivity index (χ1v) is 4.60. The third-order valence-corrected chi connectivity index (χ3v) is 2.33. The molecular formula is C11H13IrN-2. The Morgan fingerprint density at radius 2 is 2.23 bits per heavy atom. The van der Waals surface area contributed by atoms with Crippen LogP contribution in [0, 0.1) is 6.07 Å². The number of rotatable bonds is 1. The molecule has 1 saturated heterocycles. The van der Waals surface area contributed by atoms with Gasteiger partial charge in [-0.25, -0.2) is 0 Å². The zero-order valence-corrected chi connectivity index (χ0v) is 9.89. The van der Waals surface area contributed by atoms with Crippen LogP contribution in [0.4, 0.5) is 0 Å². The van der Waals surface area contributed by atoms with Gasteiger partial charge in [0, 0.05) is 20.1 Å². The van der Waals surface area contributed by atoms with Crippen molar-refractivity contribution in [1.82, 2.24) is 0 Å². The van der Waals surface area contributed by atoms with Gasteiger partial charge in [0.2, 0.25) is 0 Å². The summed E-state index contributed by atoms with van der Waals surface area (Å²) < 4.78 is 0. The van der Waals surface area contributed by atoms with Crippen molar-refractivity contribution < 1.29 is 20.1 Å². The number of hydrogen-bond donors (Lipinski definition) is 0. The molecule has 0 amide bonds. The molecule has 0 spiro atoms. The molecule has 0 N–H and O–H groups in total. The molecule has 1 unspecified atom stereocenters. The molecule has 1 aliphatic heterocycles. The summed E-state index contributed by atoms with van der Waals surface area (Å²) in [6.07, 6.45) is 3.79. The van der Waals surface area contributed by atoms with Crippen molar-refractivity contribution in [2.75, 3.05) is 6.54 Å². The van der Waals surface area contributed by atoms with Gasteiger partial charge in [0.1, 0.15) is 0 Å². The van der Waals surface area contributed by atoms with Crippen molar-refractivity contribution in [2.24, 2.45) is 0 Å². The van der Waals surface area contributed by atoms with Crippen molar-refractivity contribution >= 4 is 0 Å². The van der Waals surface area contributed by atoms with E-state index in [1.165, 1.54) is 24.8 Å². The van der Waals surface area contributed by atoms with E-state index >= 15 is 0 Å². The molecule has 0 saturated carbocycles.